The van der Waals surface area contributed by atoms with Gasteiger partial charge in [0.05, 0.1) is 0 Å². The van der Waals surface area contributed by atoms with Gasteiger partial charge in [0.2, 0.25) is 0 Å². The minimum absolute atomic E-state index is 1.09. The van der Waals surface area contributed by atoms with Gasteiger partial charge in [0.1, 0.15) is 0 Å². The molecule has 4 aliphatic rings. The Morgan fingerprint density at radius 1 is 0.588 bits per heavy atom. The van der Waals surface area contributed by atoms with E-state index in [1.807, 2.05) is 5.92 Å². The minimum atomic E-state index is 1.09. The molecule has 4 rings (SSSR count). The van der Waals surface area contributed by atoms with Gasteiger partial charge in [-0.15, -0.1) is 0 Å². The van der Waals surface area contributed by atoms with Crippen LogP contribution in [0.5, 0.6) is 0 Å². The molecular weight excluding hydrogens is 204 g/mol. The van der Waals surface area contributed by atoms with Crippen molar-refractivity contribution in [3.05, 3.63) is 5.92 Å². The van der Waals surface area contributed by atoms with Crippen molar-refractivity contribution in [1.82, 2.24) is 0 Å². The third-order valence-corrected chi connectivity index (χ3v) is 6.79. The molecule has 5 atom stereocenters. The van der Waals surface area contributed by atoms with Gasteiger partial charge in [-0.3, -0.25) is 0 Å². The molecule has 0 aromatic carbocycles. The van der Waals surface area contributed by atoms with Gasteiger partial charge in [-0.05, 0) is 80.5 Å². The molecule has 0 N–H and O–H groups in total. The highest BCUT2D eigenvalue weighted by Crippen LogP contribution is 2.58. The molecule has 0 heteroatoms. The van der Waals surface area contributed by atoms with E-state index in [1.54, 1.807) is 44.9 Å². The van der Waals surface area contributed by atoms with E-state index in [-0.39, 0.29) is 0 Å². The Morgan fingerprint density at radius 2 is 1.59 bits per heavy atom. The van der Waals surface area contributed by atoms with Crippen molar-refractivity contribution in [3.8, 4) is 0 Å². The first-order chi connectivity index (χ1) is 8.43. The third-order valence-electron chi connectivity index (χ3n) is 6.79. The first kappa shape index (κ1) is 10.9. The lowest BCUT2D eigenvalue weighted by Gasteiger charge is -2.51. The second kappa shape index (κ2) is 4.28. The summed E-state index contributed by atoms with van der Waals surface area (Å²) in [6, 6.07) is 0. The van der Waals surface area contributed by atoms with Crippen molar-refractivity contribution in [2.45, 2.75) is 70.6 Å². The van der Waals surface area contributed by atoms with Gasteiger partial charge in [0.25, 0.3) is 0 Å². The Hall–Kier alpha value is 0. The summed E-state index contributed by atoms with van der Waals surface area (Å²) in [5.41, 5.74) is 0. The lowest BCUT2D eigenvalue weighted by atomic mass is 9.54. The summed E-state index contributed by atoms with van der Waals surface area (Å²) in [5.74, 6) is 7.71. The largest absolute Gasteiger partial charge is 0.0530 e. The third kappa shape index (κ3) is 1.70. The van der Waals surface area contributed by atoms with E-state index in [0.717, 1.165) is 29.6 Å². The molecule has 0 nitrogen and oxygen atoms in total. The zero-order valence-electron chi connectivity index (χ0n) is 11.2. The summed E-state index contributed by atoms with van der Waals surface area (Å²) in [6.07, 6.45) is 17.1. The van der Waals surface area contributed by atoms with Crippen LogP contribution in [0.15, 0.2) is 0 Å². The van der Waals surface area contributed by atoms with Gasteiger partial charge in [-0.25, -0.2) is 0 Å². The molecule has 0 amide bonds. The number of rotatable bonds is 0. The second-order valence-corrected chi connectivity index (χ2v) is 7.31. The molecule has 0 aromatic rings. The number of fused-ring (bicyclic) bond motifs is 5. The first-order valence-electron chi connectivity index (χ1n) is 8.28. The van der Waals surface area contributed by atoms with E-state index in [2.05, 4.69) is 0 Å². The summed E-state index contributed by atoms with van der Waals surface area (Å²) in [5, 5.41) is 0. The minimum Gasteiger partial charge on any atom is -0.0530 e. The maximum absolute atomic E-state index is 2.01. The van der Waals surface area contributed by atoms with Gasteiger partial charge in [-0.1, -0.05) is 25.7 Å². The molecule has 0 aromatic heterocycles. The Labute approximate surface area is 107 Å². The van der Waals surface area contributed by atoms with Crippen LogP contribution in [0.3, 0.4) is 0 Å². The molecule has 0 aliphatic heterocycles. The summed E-state index contributed by atoms with van der Waals surface area (Å²) >= 11 is 0. The fourth-order valence-corrected chi connectivity index (χ4v) is 6.14. The van der Waals surface area contributed by atoms with Crippen LogP contribution in [0.4, 0.5) is 0 Å². The molecule has 0 unspecified atom stereocenters. The van der Waals surface area contributed by atoms with E-state index in [0.29, 0.717) is 0 Å². The van der Waals surface area contributed by atoms with Gasteiger partial charge in [-0.2, -0.15) is 0 Å². The standard InChI is InChI=1S/C17H27/c1-2-6-14-12(4-1)8-10-17-15-7-3-5-13(15)9-11-16(14)17/h13-17H,1-11H2/t13-,14-,15+,16+,17-/m0/s1. The predicted octanol–water partition coefficient (Wildman–Crippen LogP) is 4.99. The quantitative estimate of drug-likeness (QED) is 0.551. The SMILES string of the molecule is C1CC[C@H]2[C](C1)CC[C@H]1[C@@H]3CCC[C@H]3CC[C@@H]12. The fraction of sp³-hybridized carbons (Fsp3) is 0.941. The molecule has 0 spiro atoms. The normalized spacial score (nSPS) is 50.5. The van der Waals surface area contributed by atoms with Crippen LogP contribution < -0.4 is 0 Å². The highest BCUT2D eigenvalue weighted by atomic mass is 14.5. The predicted molar refractivity (Wildman–Crippen MR) is 71.5 cm³/mol. The van der Waals surface area contributed by atoms with Crippen LogP contribution in [-0.4, -0.2) is 0 Å². The van der Waals surface area contributed by atoms with Gasteiger partial charge in [0.15, 0.2) is 0 Å². The molecule has 95 valence electrons. The van der Waals surface area contributed by atoms with E-state index in [9.17, 15) is 0 Å². The van der Waals surface area contributed by atoms with Crippen LogP contribution >= 0.6 is 0 Å². The molecule has 0 bridgehead atoms. The van der Waals surface area contributed by atoms with Crippen molar-refractivity contribution in [1.29, 1.82) is 0 Å². The van der Waals surface area contributed by atoms with Crippen LogP contribution in [0, 0.1) is 35.5 Å². The molecule has 4 aliphatic carbocycles. The van der Waals surface area contributed by atoms with Gasteiger partial charge in [0, 0.05) is 0 Å². The van der Waals surface area contributed by atoms with Crippen LogP contribution in [-0.2, 0) is 0 Å². The maximum atomic E-state index is 2.01. The van der Waals surface area contributed by atoms with Crippen LogP contribution in [0.1, 0.15) is 70.6 Å². The van der Waals surface area contributed by atoms with Gasteiger partial charge < -0.3 is 0 Å². The first-order valence-corrected chi connectivity index (χ1v) is 8.28. The van der Waals surface area contributed by atoms with Crippen molar-refractivity contribution < 1.29 is 0 Å². The second-order valence-electron chi connectivity index (χ2n) is 7.31. The van der Waals surface area contributed by atoms with Gasteiger partial charge >= 0.3 is 0 Å². The van der Waals surface area contributed by atoms with Crippen molar-refractivity contribution in [3.63, 3.8) is 0 Å². The lowest BCUT2D eigenvalue weighted by Crippen LogP contribution is -2.42. The molecule has 0 saturated heterocycles. The molecule has 0 heterocycles. The molecule has 17 heavy (non-hydrogen) atoms. The number of hydrogen-bond acceptors (Lipinski definition) is 0. The fourth-order valence-electron chi connectivity index (χ4n) is 6.14. The summed E-state index contributed by atoms with van der Waals surface area (Å²) in [4.78, 5) is 0. The zero-order valence-corrected chi connectivity index (χ0v) is 11.2. The Bertz CT molecular complexity index is 282. The summed E-state index contributed by atoms with van der Waals surface area (Å²) in [7, 11) is 0. The highest BCUT2D eigenvalue weighted by molar-refractivity contribution is 5.09. The smallest absolute Gasteiger partial charge is 0.0207 e. The Balaban J connectivity index is 1.56. The van der Waals surface area contributed by atoms with Crippen molar-refractivity contribution in [2.24, 2.45) is 29.6 Å². The van der Waals surface area contributed by atoms with Crippen molar-refractivity contribution >= 4 is 0 Å². The monoisotopic (exact) mass is 231 g/mol. The highest BCUT2D eigenvalue weighted by Gasteiger charge is 2.48. The van der Waals surface area contributed by atoms with Crippen LogP contribution in [0.2, 0.25) is 0 Å². The average Bonchev–Trinajstić information content (AvgIpc) is 2.86. The molecule has 4 fully saturated rings. The lowest BCUT2D eigenvalue weighted by molar-refractivity contribution is 0.0296. The van der Waals surface area contributed by atoms with E-state index < -0.39 is 0 Å². The topological polar surface area (TPSA) is 0 Å². The summed E-state index contributed by atoms with van der Waals surface area (Å²) < 4.78 is 0. The zero-order chi connectivity index (χ0) is 11.2. The molecule has 1 radical (unpaired) electrons. The maximum Gasteiger partial charge on any atom is -0.0207 e. The Kier molecular flexibility index (Phi) is 2.74. The number of hydrogen-bond donors (Lipinski definition) is 0. The molecular formula is C17H27. The van der Waals surface area contributed by atoms with Crippen LogP contribution in [0.25, 0.3) is 0 Å². The summed E-state index contributed by atoms with van der Waals surface area (Å²) in [6.45, 7) is 0. The Morgan fingerprint density at radius 3 is 2.59 bits per heavy atom. The van der Waals surface area contributed by atoms with E-state index in [1.165, 1.54) is 25.7 Å². The van der Waals surface area contributed by atoms with Crippen molar-refractivity contribution in [2.75, 3.05) is 0 Å². The molecule has 4 saturated carbocycles. The average molecular weight is 231 g/mol. The van der Waals surface area contributed by atoms with E-state index >= 15 is 0 Å². The van der Waals surface area contributed by atoms with E-state index in [4.69, 9.17) is 0 Å².